The summed E-state index contributed by atoms with van der Waals surface area (Å²) < 4.78 is 0. The third-order valence-electron chi connectivity index (χ3n) is 4.31. The minimum absolute atomic E-state index is 0.195. The first kappa shape index (κ1) is 14.1. The van der Waals surface area contributed by atoms with Crippen molar-refractivity contribution < 1.29 is 14.7 Å². The molecule has 0 radical (unpaired) electrons. The number of carbonyl (C=O) groups is 2. The molecule has 0 spiro atoms. The molecule has 1 amide bonds. The van der Waals surface area contributed by atoms with E-state index in [4.69, 9.17) is 5.11 Å². The van der Waals surface area contributed by atoms with Gasteiger partial charge in [0, 0.05) is 26.2 Å². The monoisotopic (exact) mass is 288 g/mol. The Morgan fingerprint density at radius 3 is 2.48 bits per heavy atom. The van der Waals surface area contributed by atoms with Crippen LogP contribution in [0.1, 0.15) is 40.7 Å². The standard InChI is InChI=1S/C16H20N2O3/c19-15(18-6-2-1-3-7-18)11-17-9-13-5-4-12(16(20)21)8-14(13)10-17/h4-5,8H,1-3,6-7,9-11H2,(H,20,21). The molecule has 21 heavy (non-hydrogen) atoms. The van der Waals surface area contributed by atoms with Gasteiger partial charge in [-0.25, -0.2) is 4.79 Å². The smallest absolute Gasteiger partial charge is 0.335 e. The maximum Gasteiger partial charge on any atom is 0.335 e. The van der Waals surface area contributed by atoms with Crippen molar-refractivity contribution in [2.75, 3.05) is 19.6 Å². The molecule has 1 saturated heterocycles. The molecule has 0 bridgehead atoms. The Morgan fingerprint density at radius 2 is 1.76 bits per heavy atom. The molecule has 0 aliphatic carbocycles. The van der Waals surface area contributed by atoms with Crippen molar-refractivity contribution in [3.8, 4) is 0 Å². The van der Waals surface area contributed by atoms with Crippen molar-refractivity contribution in [2.45, 2.75) is 32.4 Å². The lowest BCUT2D eigenvalue weighted by molar-refractivity contribution is -0.133. The van der Waals surface area contributed by atoms with Gasteiger partial charge in [0.2, 0.25) is 5.91 Å². The molecule has 5 heteroatoms. The Bertz CT molecular complexity index is 565. The van der Waals surface area contributed by atoms with E-state index in [1.165, 1.54) is 6.42 Å². The van der Waals surface area contributed by atoms with Crippen LogP contribution in [-0.4, -0.2) is 46.4 Å². The van der Waals surface area contributed by atoms with Gasteiger partial charge < -0.3 is 10.0 Å². The Kier molecular flexibility index (Phi) is 3.92. The summed E-state index contributed by atoms with van der Waals surface area (Å²) in [6, 6.07) is 5.23. The third-order valence-corrected chi connectivity index (χ3v) is 4.31. The number of piperidine rings is 1. The highest BCUT2D eigenvalue weighted by Crippen LogP contribution is 2.24. The van der Waals surface area contributed by atoms with Crippen LogP contribution in [0, 0.1) is 0 Å². The molecule has 2 aliphatic heterocycles. The normalized spacial score (nSPS) is 18.6. The van der Waals surface area contributed by atoms with Gasteiger partial charge in [-0.15, -0.1) is 0 Å². The average molecular weight is 288 g/mol. The number of hydrogen-bond donors (Lipinski definition) is 1. The molecule has 2 heterocycles. The average Bonchev–Trinajstić information content (AvgIpc) is 2.89. The van der Waals surface area contributed by atoms with Crippen molar-refractivity contribution >= 4 is 11.9 Å². The maximum absolute atomic E-state index is 12.3. The summed E-state index contributed by atoms with van der Waals surface area (Å²) >= 11 is 0. The Hall–Kier alpha value is -1.88. The van der Waals surface area contributed by atoms with Gasteiger partial charge in [-0.1, -0.05) is 6.07 Å². The van der Waals surface area contributed by atoms with E-state index in [1.54, 1.807) is 12.1 Å². The van der Waals surface area contributed by atoms with Crippen molar-refractivity contribution in [2.24, 2.45) is 0 Å². The highest BCUT2D eigenvalue weighted by Gasteiger charge is 2.24. The van der Waals surface area contributed by atoms with E-state index in [1.807, 2.05) is 11.0 Å². The number of hydrogen-bond acceptors (Lipinski definition) is 3. The maximum atomic E-state index is 12.3. The van der Waals surface area contributed by atoms with Crippen LogP contribution in [0.5, 0.6) is 0 Å². The lowest BCUT2D eigenvalue weighted by Gasteiger charge is -2.28. The van der Waals surface area contributed by atoms with Crippen molar-refractivity contribution in [3.63, 3.8) is 0 Å². The Balaban J connectivity index is 1.62. The van der Waals surface area contributed by atoms with Crippen LogP contribution in [0.25, 0.3) is 0 Å². The molecule has 1 aromatic carbocycles. The zero-order chi connectivity index (χ0) is 14.8. The minimum Gasteiger partial charge on any atom is -0.478 e. The van der Waals surface area contributed by atoms with Crippen molar-refractivity contribution in [1.82, 2.24) is 9.80 Å². The number of carbonyl (C=O) groups excluding carboxylic acids is 1. The molecular weight excluding hydrogens is 268 g/mol. The summed E-state index contributed by atoms with van der Waals surface area (Å²) in [5, 5.41) is 9.02. The molecule has 2 aliphatic rings. The lowest BCUT2D eigenvalue weighted by atomic mass is 10.1. The number of carboxylic acid groups (broad SMARTS) is 1. The first-order valence-electron chi connectivity index (χ1n) is 7.49. The number of amides is 1. The zero-order valence-corrected chi connectivity index (χ0v) is 12.0. The highest BCUT2D eigenvalue weighted by molar-refractivity contribution is 5.88. The molecule has 1 N–H and O–H groups in total. The fraction of sp³-hybridized carbons (Fsp3) is 0.500. The number of carboxylic acids is 1. The number of nitrogens with zero attached hydrogens (tertiary/aromatic N) is 2. The predicted octanol–water partition coefficient (Wildman–Crippen LogP) is 1.71. The second-order valence-corrected chi connectivity index (χ2v) is 5.88. The van der Waals surface area contributed by atoms with Gasteiger partial charge in [-0.3, -0.25) is 9.69 Å². The van der Waals surface area contributed by atoms with E-state index in [9.17, 15) is 9.59 Å². The fourth-order valence-corrected chi connectivity index (χ4v) is 3.14. The van der Waals surface area contributed by atoms with E-state index < -0.39 is 5.97 Å². The number of rotatable bonds is 3. The van der Waals surface area contributed by atoms with Crippen molar-refractivity contribution in [1.29, 1.82) is 0 Å². The van der Waals surface area contributed by atoms with Gasteiger partial charge in [0.15, 0.2) is 0 Å². The topological polar surface area (TPSA) is 60.9 Å². The molecule has 1 fully saturated rings. The largest absolute Gasteiger partial charge is 0.478 e. The fourth-order valence-electron chi connectivity index (χ4n) is 3.14. The van der Waals surface area contributed by atoms with Crippen molar-refractivity contribution in [3.05, 3.63) is 34.9 Å². The molecule has 3 rings (SSSR count). The molecule has 1 aromatic rings. The van der Waals surface area contributed by atoms with Gasteiger partial charge >= 0.3 is 5.97 Å². The van der Waals surface area contributed by atoms with E-state index >= 15 is 0 Å². The summed E-state index contributed by atoms with van der Waals surface area (Å²) in [5.74, 6) is -0.707. The number of fused-ring (bicyclic) bond motifs is 1. The summed E-state index contributed by atoms with van der Waals surface area (Å²) in [6.07, 6.45) is 3.43. The van der Waals surface area contributed by atoms with Gasteiger partial charge in [0.1, 0.15) is 0 Å². The Labute approximate surface area is 124 Å². The van der Waals surface area contributed by atoms with Gasteiger partial charge in [-0.2, -0.15) is 0 Å². The molecule has 112 valence electrons. The van der Waals surface area contributed by atoms with E-state index in [2.05, 4.69) is 4.90 Å². The van der Waals surface area contributed by atoms with Gasteiger partial charge in [0.25, 0.3) is 0 Å². The first-order valence-corrected chi connectivity index (χ1v) is 7.49. The second-order valence-electron chi connectivity index (χ2n) is 5.88. The Morgan fingerprint density at radius 1 is 1.05 bits per heavy atom. The number of aromatic carboxylic acids is 1. The first-order chi connectivity index (χ1) is 10.1. The quantitative estimate of drug-likeness (QED) is 0.920. The van der Waals surface area contributed by atoms with E-state index in [0.29, 0.717) is 18.7 Å². The summed E-state index contributed by atoms with van der Waals surface area (Å²) in [4.78, 5) is 27.3. The summed E-state index contributed by atoms with van der Waals surface area (Å²) in [5.41, 5.74) is 2.48. The van der Waals surface area contributed by atoms with Crippen LogP contribution in [0.2, 0.25) is 0 Å². The summed E-state index contributed by atoms with van der Waals surface area (Å²) in [7, 11) is 0. The zero-order valence-electron chi connectivity index (χ0n) is 12.0. The number of benzene rings is 1. The van der Waals surface area contributed by atoms with Crippen LogP contribution in [-0.2, 0) is 17.9 Å². The predicted molar refractivity (Wildman–Crippen MR) is 77.9 cm³/mol. The molecule has 0 atom stereocenters. The molecule has 0 saturated carbocycles. The lowest BCUT2D eigenvalue weighted by Crippen LogP contribution is -2.41. The molecule has 0 unspecified atom stereocenters. The second kappa shape index (κ2) is 5.85. The third kappa shape index (κ3) is 3.08. The van der Waals surface area contributed by atoms with Crippen LogP contribution >= 0.6 is 0 Å². The molecule has 0 aromatic heterocycles. The van der Waals surface area contributed by atoms with Crippen LogP contribution in [0.4, 0.5) is 0 Å². The van der Waals surface area contributed by atoms with Crippen LogP contribution in [0.15, 0.2) is 18.2 Å². The van der Waals surface area contributed by atoms with Crippen LogP contribution < -0.4 is 0 Å². The van der Waals surface area contributed by atoms with Crippen LogP contribution in [0.3, 0.4) is 0 Å². The SMILES string of the molecule is O=C(O)c1ccc2c(c1)CN(CC(=O)N1CCCCC1)C2. The van der Waals surface area contributed by atoms with Gasteiger partial charge in [0.05, 0.1) is 12.1 Å². The minimum atomic E-state index is -0.902. The van der Waals surface area contributed by atoms with Gasteiger partial charge in [-0.05, 0) is 42.5 Å². The molecular formula is C16H20N2O3. The van der Waals surface area contributed by atoms with E-state index in [-0.39, 0.29) is 5.91 Å². The summed E-state index contributed by atoms with van der Waals surface area (Å²) in [6.45, 7) is 3.58. The molecule has 5 nitrogen and oxygen atoms in total. The number of likely N-dealkylation sites (tertiary alicyclic amines) is 1. The highest BCUT2D eigenvalue weighted by atomic mass is 16.4. The van der Waals surface area contributed by atoms with E-state index in [0.717, 1.165) is 43.6 Å².